The van der Waals surface area contributed by atoms with Gasteiger partial charge in [0.2, 0.25) is 17.5 Å². The molecule has 0 aliphatic carbocycles. The third-order valence-corrected chi connectivity index (χ3v) is 8.42. The van der Waals surface area contributed by atoms with Crippen molar-refractivity contribution < 1.29 is 27.4 Å². The first-order valence-corrected chi connectivity index (χ1v) is 16.0. The third kappa shape index (κ3) is 8.21. The summed E-state index contributed by atoms with van der Waals surface area (Å²) >= 11 is 1.04. The van der Waals surface area contributed by atoms with E-state index in [2.05, 4.69) is 30.0 Å². The molecule has 0 spiro atoms. The molecule has 0 radical (unpaired) electrons. The summed E-state index contributed by atoms with van der Waals surface area (Å²) in [6, 6.07) is 15.2. The van der Waals surface area contributed by atoms with Gasteiger partial charge in [-0.15, -0.1) is 0 Å². The summed E-state index contributed by atoms with van der Waals surface area (Å²) in [5.74, 6) is 0.317. The molecule has 0 saturated heterocycles. The summed E-state index contributed by atoms with van der Waals surface area (Å²) in [6.45, 7) is 6.47. The van der Waals surface area contributed by atoms with Crippen LogP contribution in [0.5, 0.6) is 17.2 Å². The van der Waals surface area contributed by atoms with Crippen LogP contribution in [0.4, 0.5) is 5.82 Å². The van der Waals surface area contributed by atoms with Gasteiger partial charge in [0.05, 0.1) is 24.4 Å². The molecular weight excluding hydrogens is 605 g/mol. The highest BCUT2D eigenvalue weighted by Gasteiger charge is 2.29. The topological polar surface area (TPSA) is 155 Å². The Balaban J connectivity index is 1.87. The number of hydrogen-bond donors (Lipinski definition) is 2. The molecule has 232 valence electrons. The first-order chi connectivity index (χ1) is 21.0. The third-order valence-electron chi connectivity index (χ3n) is 6.07. The fourth-order valence-corrected chi connectivity index (χ4v) is 6.21. The number of aromatic nitrogens is 4. The van der Waals surface area contributed by atoms with Gasteiger partial charge < -0.3 is 19.5 Å². The Hall–Kier alpha value is -4.27. The summed E-state index contributed by atoms with van der Waals surface area (Å²) in [5, 5.41) is 2.93. The normalized spacial score (nSPS) is 11.6. The number of benzene rings is 2. The maximum absolute atomic E-state index is 14.0. The van der Waals surface area contributed by atoms with Crippen molar-refractivity contribution in [3.05, 3.63) is 72.6 Å². The standard InChI is InChI=1S/C30H34N6O6S2/c1-30(2,3)20-11-6-9-14-23(20)44(38,39)36-26-25(42-22-13-8-7-12-21(22)41-5)29(43-19-24(37)31-17-18-40-4)35-28(34-26)27-32-15-10-16-33-27/h6-16H,17-19H2,1-5H3,(H,31,37)(H,34,35,36). The minimum absolute atomic E-state index is 0.0271. The van der Waals surface area contributed by atoms with Crippen molar-refractivity contribution in [2.75, 3.05) is 37.8 Å². The van der Waals surface area contributed by atoms with Gasteiger partial charge in [0.25, 0.3) is 10.0 Å². The monoisotopic (exact) mass is 638 g/mol. The first-order valence-electron chi connectivity index (χ1n) is 13.5. The van der Waals surface area contributed by atoms with Gasteiger partial charge in [-0.1, -0.05) is 62.9 Å². The van der Waals surface area contributed by atoms with Crippen molar-refractivity contribution in [1.29, 1.82) is 0 Å². The molecule has 44 heavy (non-hydrogen) atoms. The van der Waals surface area contributed by atoms with Gasteiger partial charge in [-0.05, 0) is 35.2 Å². The number of ether oxygens (including phenoxy) is 3. The number of carbonyl (C=O) groups excluding carboxylic acids is 1. The Morgan fingerprint density at radius 3 is 2.27 bits per heavy atom. The Morgan fingerprint density at radius 1 is 0.909 bits per heavy atom. The molecular formula is C30H34N6O6S2. The number of para-hydroxylation sites is 2. The van der Waals surface area contributed by atoms with E-state index in [0.29, 0.717) is 24.5 Å². The molecule has 4 aromatic rings. The average molecular weight is 639 g/mol. The van der Waals surface area contributed by atoms with E-state index in [1.54, 1.807) is 55.6 Å². The second-order valence-electron chi connectivity index (χ2n) is 10.3. The maximum atomic E-state index is 14.0. The summed E-state index contributed by atoms with van der Waals surface area (Å²) in [6.07, 6.45) is 3.04. The molecule has 0 saturated carbocycles. The van der Waals surface area contributed by atoms with Crippen LogP contribution in [0.3, 0.4) is 0 Å². The van der Waals surface area contributed by atoms with Gasteiger partial charge in [0.1, 0.15) is 5.03 Å². The average Bonchev–Trinajstić information content (AvgIpc) is 3.01. The Kier molecular flexibility index (Phi) is 10.7. The lowest BCUT2D eigenvalue weighted by molar-refractivity contribution is -0.118. The largest absolute Gasteiger partial charge is 0.493 e. The molecule has 14 heteroatoms. The lowest BCUT2D eigenvalue weighted by Crippen LogP contribution is -2.28. The van der Waals surface area contributed by atoms with Crippen LogP contribution in [0.15, 0.2) is 76.9 Å². The van der Waals surface area contributed by atoms with Crippen LogP contribution in [-0.4, -0.2) is 67.4 Å². The van der Waals surface area contributed by atoms with E-state index in [0.717, 1.165) is 11.8 Å². The number of thioether (sulfide) groups is 1. The highest BCUT2D eigenvalue weighted by Crippen LogP contribution is 2.42. The van der Waals surface area contributed by atoms with E-state index in [-0.39, 0.29) is 50.5 Å². The fourth-order valence-electron chi connectivity index (χ4n) is 4.00. The molecule has 0 fully saturated rings. The molecule has 2 heterocycles. The number of sulfonamides is 1. The van der Waals surface area contributed by atoms with Crippen LogP contribution in [0.1, 0.15) is 26.3 Å². The van der Waals surface area contributed by atoms with Gasteiger partial charge in [-0.3, -0.25) is 9.52 Å². The summed E-state index contributed by atoms with van der Waals surface area (Å²) < 4.78 is 47.4. The van der Waals surface area contributed by atoms with Crippen molar-refractivity contribution in [3.63, 3.8) is 0 Å². The lowest BCUT2D eigenvalue weighted by Gasteiger charge is -2.23. The molecule has 12 nitrogen and oxygen atoms in total. The second kappa shape index (κ2) is 14.5. The highest BCUT2D eigenvalue weighted by molar-refractivity contribution is 8.00. The number of methoxy groups -OCH3 is 2. The fraction of sp³-hybridized carbons (Fsp3) is 0.300. The molecule has 0 aliphatic rings. The predicted molar refractivity (Wildman–Crippen MR) is 168 cm³/mol. The molecule has 0 bridgehead atoms. The molecule has 0 aliphatic heterocycles. The molecule has 2 aromatic heterocycles. The number of anilines is 1. The van der Waals surface area contributed by atoms with Crippen molar-refractivity contribution in [1.82, 2.24) is 25.3 Å². The number of amides is 1. The van der Waals surface area contributed by atoms with Crippen LogP contribution in [0.25, 0.3) is 11.6 Å². The zero-order valence-electron chi connectivity index (χ0n) is 25.0. The molecule has 1 amide bonds. The van der Waals surface area contributed by atoms with Gasteiger partial charge in [0.15, 0.2) is 23.1 Å². The van der Waals surface area contributed by atoms with E-state index >= 15 is 0 Å². The van der Waals surface area contributed by atoms with E-state index < -0.39 is 15.4 Å². The second-order valence-corrected chi connectivity index (χ2v) is 13.0. The van der Waals surface area contributed by atoms with Gasteiger partial charge in [-0.25, -0.2) is 28.4 Å². The summed E-state index contributed by atoms with van der Waals surface area (Å²) in [5.41, 5.74) is 0.135. The number of hydrogen-bond acceptors (Lipinski definition) is 11. The number of nitrogens with zero attached hydrogens (tertiary/aromatic N) is 4. The van der Waals surface area contributed by atoms with Gasteiger partial charge in [0, 0.05) is 26.0 Å². The van der Waals surface area contributed by atoms with E-state index in [9.17, 15) is 13.2 Å². The van der Waals surface area contributed by atoms with Gasteiger partial charge >= 0.3 is 0 Å². The Morgan fingerprint density at radius 2 is 1.59 bits per heavy atom. The Labute approximate surface area is 261 Å². The van der Waals surface area contributed by atoms with Crippen LogP contribution >= 0.6 is 11.8 Å². The Bertz CT molecular complexity index is 1700. The number of carbonyl (C=O) groups is 1. The van der Waals surface area contributed by atoms with Crippen molar-refractivity contribution >= 4 is 33.5 Å². The molecule has 2 aromatic carbocycles. The van der Waals surface area contributed by atoms with Crippen LogP contribution < -0.4 is 19.5 Å². The highest BCUT2D eigenvalue weighted by atomic mass is 32.2. The smallest absolute Gasteiger partial charge is 0.263 e. The van der Waals surface area contributed by atoms with E-state index in [4.69, 9.17) is 14.2 Å². The lowest BCUT2D eigenvalue weighted by atomic mass is 9.87. The minimum atomic E-state index is -4.21. The minimum Gasteiger partial charge on any atom is -0.493 e. The van der Waals surface area contributed by atoms with Crippen molar-refractivity contribution in [2.24, 2.45) is 0 Å². The van der Waals surface area contributed by atoms with E-state index in [1.165, 1.54) is 25.6 Å². The van der Waals surface area contributed by atoms with Crippen LogP contribution in [0, 0.1) is 0 Å². The first kappa shape index (κ1) is 32.6. The SMILES string of the molecule is COCCNC(=O)CSc1nc(-c2ncccn2)nc(NS(=O)(=O)c2ccccc2C(C)(C)C)c1Oc1ccccc1OC. The predicted octanol–water partition coefficient (Wildman–Crippen LogP) is 4.69. The number of rotatable bonds is 13. The maximum Gasteiger partial charge on any atom is 0.263 e. The van der Waals surface area contributed by atoms with Crippen LogP contribution in [-0.2, 0) is 25.0 Å². The summed E-state index contributed by atoms with van der Waals surface area (Å²) in [4.78, 5) is 30.3. The van der Waals surface area contributed by atoms with E-state index in [1.807, 2.05) is 20.8 Å². The zero-order chi connectivity index (χ0) is 31.7. The van der Waals surface area contributed by atoms with Gasteiger partial charge in [-0.2, -0.15) is 0 Å². The quantitative estimate of drug-likeness (QED) is 0.119. The summed E-state index contributed by atoms with van der Waals surface area (Å²) in [7, 11) is -1.19. The van der Waals surface area contributed by atoms with Crippen molar-refractivity contribution in [2.45, 2.75) is 36.1 Å². The number of nitrogens with one attached hydrogen (secondary N) is 2. The molecule has 4 rings (SSSR count). The molecule has 0 atom stereocenters. The van der Waals surface area contributed by atoms with Crippen LogP contribution in [0.2, 0.25) is 0 Å². The van der Waals surface area contributed by atoms with Crippen molar-refractivity contribution in [3.8, 4) is 28.9 Å². The zero-order valence-corrected chi connectivity index (χ0v) is 26.7. The molecule has 0 unspecified atom stereocenters. The molecule has 2 N–H and O–H groups in total.